The number of nitriles is 2. The fourth-order valence-electron chi connectivity index (χ4n) is 4.26. The average Bonchev–Trinajstić information content (AvgIpc) is 2.89. The number of alkyl halides is 6. The Labute approximate surface area is 255 Å². The minimum absolute atomic E-state index is 0.00301. The van der Waals surface area contributed by atoms with E-state index >= 15 is 0 Å². The Morgan fingerprint density at radius 1 is 0.773 bits per heavy atom. The van der Waals surface area contributed by atoms with E-state index in [4.69, 9.17) is 15.6 Å². The van der Waals surface area contributed by atoms with Crippen LogP contribution in [0.5, 0.6) is 0 Å². The number of aliphatic hydroxyl groups excluding tert-OH is 2. The van der Waals surface area contributed by atoms with Crippen LogP contribution in [0, 0.1) is 33.5 Å². The summed E-state index contributed by atoms with van der Waals surface area (Å²) in [4.78, 5) is 3.40. The molecule has 12 heteroatoms. The molecule has 2 aromatic rings. The van der Waals surface area contributed by atoms with Crippen molar-refractivity contribution < 1.29 is 36.6 Å². The topological polar surface area (TPSA) is 94.5 Å². The van der Waals surface area contributed by atoms with Gasteiger partial charge in [-0.1, -0.05) is 47.6 Å². The Hall–Kier alpha value is -3.74. The Balaban J connectivity index is 0.000000442. The van der Waals surface area contributed by atoms with Crippen LogP contribution in [0.1, 0.15) is 63.8 Å². The number of aliphatic hydroxyl groups is 2. The number of nitrogens with zero attached hydrogens (tertiary/aromatic N) is 4. The minimum atomic E-state index is -4.63. The maximum Gasteiger partial charge on any atom is 0.417 e. The molecule has 0 saturated carbocycles. The van der Waals surface area contributed by atoms with Gasteiger partial charge >= 0.3 is 12.4 Å². The van der Waals surface area contributed by atoms with Gasteiger partial charge in [0.15, 0.2) is 0 Å². The molecule has 44 heavy (non-hydrogen) atoms. The van der Waals surface area contributed by atoms with Crippen LogP contribution in [0.15, 0.2) is 49.1 Å². The number of rotatable bonds is 9. The van der Waals surface area contributed by atoms with Crippen molar-refractivity contribution in [1.29, 1.82) is 10.5 Å². The zero-order valence-corrected chi connectivity index (χ0v) is 25.8. The van der Waals surface area contributed by atoms with E-state index in [2.05, 4.69) is 6.58 Å². The maximum atomic E-state index is 13.1. The van der Waals surface area contributed by atoms with Crippen molar-refractivity contribution in [3.05, 3.63) is 71.3 Å². The van der Waals surface area contributed by atoms with E-state index in [1.807, 2.05) is 46.4 Å². The van der Waals surface area contributed by atoms with Crippen LogP contribution in [0.25, 0.3) is 0 Å². The predicted molar refractivity (Wildman–Crippen MR) is 159 cm³/mol. The molecule has 6 nitrogen and oxygen atoms in total. The first-order valence-corrected chi connectivity index (χ1v) is 13.7. The van der Waals surface area contributed by atoms with Crippen molar-refractivity contribution >= 4 is 11.4 Å². The molecule has 1 atom stereocenters. The van der Waals surface area contributed by atoms with Crippen LogP contribution >= 0.6 is 0 Å². The molecule has 0 spiro atoms. The van der Waals surface area contributed by atoms with Crippen molar-refractivity contribution in [3.63, 3.8) is 0 Å². The first kappa shape index (κ1) is 38.3. The second-order valence-corrected chi connectivity index (χ2v) is 12.7. The second kappa shape index (κ2) is 15.3. The summed E-state index contributed by atoms with van der Waals surface area (Å²) < 4.78 is 78.3. The number of halogens is 6. The summed E-state index contributed by atoms with van der Waals surface area (Å²) in [6.45, 7) is 16.4. The van der Waals surface area contributed by atoms with E-state index < -0.39 is 41.8 Å². The third-order valence-corrected chi connectivity index (χ3v) is 5.91. The van der Waals surface area contributed by atoms with Crippen molar-refractivity contribution in [2.24, 2.45) is 10.8 Å². The highest BCUT2D eigenvalue weighted by Gasteiger charge is 2.35. The normalized spacial score (nSPS) is 12.7. The lowest BCUT2D eigenvalue weighted by atomic mass is 9.95. The second-order valence-electron chi connectivity index (χ2n) is 12.7. The molecule has 0 radical (unpaired) electrons. The van der Waals surface area contributed by atoms with Gasteiger partial charge < -0.3 is 20.0 Å². The molecule has 0 bridgehead atoms. The van der Waals surface area contributed by atoms with Crippen LogP contribution < -0.4 is 9.80 Å². The molecular formula is C32H40F6N4O2. The Kier molecular flexibility index (Phi) is 13.3. The number of benzene rings is 2. The summed E-state index contributed by atoms with van der Waals surface area (Å²) in [6, 6.07) is 10.4. The molecule has 2 rings (SSSR count). The van der Waals surface area contributed by atoms with Gasteiger partial charge in [-0.2, -0.15) is 36.9 Å². The first-order valence-electron chi connectivity index (χ1n) is 13.7. The molecule has 0 aliphatic rings. The molecule has 242 valence electrons. The van der Waals surface area contributed by atoms with Gasteiger partial charge in [0.1, 0.15) is 0 Å². The fourth-order valence-corrected chi connectivity index (χ4v) is 4.26. The highest BCUT2D eigenvalue weighted by molar-refractivity contribution is 5.56. The summed E-state index contributed by atoms with van der Waals surface area (Å²) in [5.74, 6) is 0. The summed E-state index contributed by atoms with van der Waals surface area (Å²) in [5, 5.41) is 36.3. The number of anilines is 2. The van der Waals surface area contributed by atoms with E-state index in [9.17, 15) is 31.4 Å². The largest absolute Gasteiger partial charge is 0.417 e. The van der Waals surface area contributed by atoms with Gasteiger partial charge in [0.25, 0.3) is 0 Å². The van der Waals surface area contributed by atoms with Gasteiger partial charge in [-0.3, -0.25) is 0 Å². The molecule has 2 N–H and O–H groups in total. The van der Waals surface area contributed by atoms with E-state index in [-0.39, 0.29) is 28.6 Å². The monoisotopic (exact) mass is 626 g/mol. The van der Waals surface area contributed by atoms with E-state index in [0.717, 1.165) is 18.2 Å². The highest BCUT2D eigenvalue weighted by atomic mass is 19.4. The fraction of sp³-hybridized carbons (Fsp3) is 0.500. The lowest BCUT2D eigenvalue weighted by Gasteiger charge is -2.33. The van der Waals surface area contributed by atoms with Crippen molar-refractivity contribution in [3.8, 4) is 12.1 Å². The Bertz CT molecular complexity index is 1330. The van der Waals surface area contributed by atoms with E-state index in [0.29, 0.717) is 25.3 Å². The van der Waals surface area contributed by atoms with Gasteiger partial charge in [-0.15, -0.1) is 6.58 Å². The van der Waals surface area contributed by atoms with Crippen molar-refractivity contribution in [1.82, 2.24) is 0 Å². The van der Waals surface area contributed by atoms with Crippen LogP contribution in [-0.2, 0) is 12.4 Å². The van der Waals surface area contributed by atoms with E-state index in [1.54, 1.807) is 29.2 Å². The Morgan fingerprint density at radius 2 is 1.16 bits per heavy atom. The quantitative estimate of drug-likeness (QED) is 0.223. The van der Waals surface area contributed by atoms with E-state index in [1.165, 1.54) is 12.1 Å². The molecule has 0 amide bonds. The summed E-state index contributed by atoms with van der Waals surface area (Å²) in [6.07, 6.45) is -8.59. The lowest BCUT2D eigenvalue weighted by Crippen LogP contribution is -2.39. The molecule has 0 saturated heterocycles. The zero-order valence-electron chi connectivity index (χ0n) is 25.8. The number of hydrogen-bond donors (Lipinski definition) is 2. The lowest BCUT2D eigenvalue weighted by molar-refractivity contribution is -0.138. The SMILES string of the molecule is C=CCN(CC(C)(C)C)c1ccc(C#N)c(C(F)(F)F)c1.CC(C)(C)CN(CC(O)CO)c1ccc(C#N)c(C(F)(F)F)c1. The van der Waals surface area contributed by atoms with Crippen LogP contribution in [0.4, 0.5) is 37.7 Å². The molecular weight excluding hydrogens is 586 g/mol. The summed E-state index contributed by atoms with van der Waals surface area (Å²) in [7, 11) is 0. The smallest absolute Gasteiger partial charge is 0.394 e. The minimum Gasteiger partial charge on any atom is -0.394 e. The molecule has 2 aromatic carbocycles. The third kappa shape index (κ3) is 12.5. The van der Waals surface area contributed by atoms with Gasteiger partial charge in [-0.05, 0) is 47.2 Å². The summed E-state index contributed by atoms with van der Waals surface area (Å²) in [5.41, 5.74) is -2.33. The van der Waals surface area contributed by atoms with Crippen LogP contribution in [-0.4, -0.2) is 49.1 Å². The molecule has 0 aliphatic heterocycles. The number of hydrogen-bond acceptors (Lipinski definition) is 6. The van der Waals surface area contributed by atoms with Gasteiger partial charge in [-0.25, -0.2) is 0 Å². The van der Waals surface area contributed by atoms with Crippen molar-refractivity contribution in [2.45, 2.75) is 60.0 Å². The molecule has 0 aliphatic carbocycles. The molecule has 0 aromatic heterocycles. The predicted octanol–water partition coefficient (Wildman–Crippen LogP) is 7.40. The molecule has 0 heterocycles. The average molecular weight is 627 g/mol. The third-order valence-electron chi connectivity index (χ3n) is 5.91. The van der Waals surface area contributed by atoms with Crippen molar-refractivity contribution in [2.75, 3.05) is 42.6 Å². The Morgan fingerprint density at radius 3 is 1.48 bits per heavy atom. The zero-order chi connectivity index (χ0) is 34.1. The first-order chi connectivity index (χ1) is 20.1. The van der Waals surface area contributed by atoms with Crippen LogP contribution in [0.3, 0.4) is 0 Å². The van der Waals surface area contributed by atoms with Gasteiger partial charge in [0, 0.05) is 37.6 Å². The highest BCUT2D eigenvalue weighted by Crippen LogP contribution is 2.36. The van der Waals surface area contributed by atoms with Crippen LogP contribution in [0.2, 0.25) is 0 Å². The molecule has 1 unspecified atom stereocenters. The standard InChI is InChI=1S/C16H21F3N2O2.C16H19F3N2/c1-15(2,3)10-21(8-13(23)9-22)12-5-4-11(7-20)14(6-12)16(17,18)19;1-5-8-21(11-15(2,3)4)13-7-6-12(10-20)14(9-13)16(17,18)19/h4-6,13,22-23H,8-10H2,1-3H3;5-7,9H,1,8,11H2,2-4H3. The maximum absolute atomic E-state index is 13.1. The molecule has 0 fully saturated rings. The summed E-state index contributed by atoms with van der Waals surface area (Å²) >= 11 is 0. The van der Waals surface area contributed by atoms with Gasteiger partial charge in [0.2, 0.25) is 0 Å². The van der Waals surface area contributed by atoms with Gasteiger partial charge in [0.05, 0.1) is 47.1 Å².